The van der Waals surface area contributed by atoms with Gasteiger partial charge in [0.1, 0.15) is 0 Å². The minimum atomic E-state index is -1.10. The van der Waals surface area contributed by atoms with Crippen LogP contribution in [-0.4, -0.2) is 51.6 Å². The molecule has 0 saturated carbocycles. The minimum absolute atomic E-state index is 0.0104. The second-order valence-corrected chi connectivity index (χ2v) is 2.32. The summed E-state index contributed by atoms with van der Waals surface area (Å²) in [6.07, 6.45) is -2.94. The van der Waals surface area contributed by atoms with Crippen LogP contribution in [0.2, 0.25) is 0 Å². The number of carboxylic acid groups (broad SMARTS) is 1. The SMILES string of the molecule is O=C(O)N1C[C@@H](O)[C@@H](O)C1. The van der Waals surface area contributed by atoms with Crippen LogP contribution in [0.25, 0.3) is 0 Å². The van der Waals surface area contributed by atoms with Crippen LogP contribution in [0.4, 0.5) is 4.79 Å². The van der Waals surface area contributed by atoms with Crippen LogP contribution < -0.4 is 0 Å². The molecular formula is C5H9NO4. The van der Waals surface area contributed by atoms with Crippen LogP contribution in [0.15, 0.2) is 0 Å². The van der Waals surface area contributed by atoms with Gasteiger partial charge in [0.2, 0.25) is 0 Å². The molecule has 1 fully saturated rings. The zero-order valence-electron chi connectivity index (χ0n) is 5.27. The summed E-state index contributed by atoms with van der Waals surface area (Å²) in [7, 11) is 0. The molecule has 0 aliphatic carbocycles. The third-order valence-corrected chi connectivity index (χ3v) is 1.53. The lowest BCUT2D eigenvalue weighted by Gasteiger charge is -2.08. The number of rotatable bonds is 0. The molecule has 5 heteroatoms. The Morgan fingerprint density at radius 1 is 1.30 bits per heavy atom. The third-order valence-electron chi connectivity index (χ3n) is 1.53. The van der Waals surface area contributed by atoms with Gasteiger partial charge in [-0.1, -0.05) is 0 Å². The zero-order valence-corrected chi connectivity index (χ0v) is 5.27. The Morgan fingerprint density at radius 3 is 1.90 bits per heavy atom. The average Bonchev–Trinajstić information content (AvgIpc) is 2.13. The number of nitrogens with zero attached hydrogens (tertiary/aromatic N) is 1. The molecule has 1 rings (SSSR count). The molecule has 0 bridgehead atoms. The van der Waals surface area contributed by atoms with Crippen molar-refractivity contribution in [3.8, 4) is 0 Å². The Balaban J connectivity index is 2.49. The number of carbonyl (C=O) groups is 1. The van der Waals surface area contributed by atoms with Gasteiger partial charge in [-0.15, -0.1) is 0 Å². The van der Waals surface area contributed by atoms with Crippen LogP contribution in [0.3, 0.4) is 0 Å². The largest absolute Gasteiger partial charge is 0.465 e. The van der Waals surface area contributed by atoms with Gasteiger partial charge >= 0.3 is 6.09 Å². The van der Waals surface area contributed by atoms with Gasteiger partial charge in [-0.2, -0.15) is 0 Å². The van der Waals surface area contributed by atoms with Crippen molar-refractivity contribution in [1.82, 2.24) is 4.90 Å². The van der Waals surface area contributed by atoms with E-state index in [0.29, 0.717) is 0 Å². The fraction of sp³-hybridized carbons (Fsp3) is 0.800. The van der Waals surface area contributed by atoms with Crippen molar-refractivity contribution in [2.24, 2.45) is 0 Å². The molecule has 2 atom stereocenters. The first-order valence-electron chi connectivity index (χ1n) is 2.95. The summed E-state index contributed by atoms with van der Waals surface area (Å²) in [4.78, 5) is 11.2. The van der Waals surface area contributed by atoms with Crippen molar-refractivity contribution in [1.29, 1.82) is 0 Å². The Morgan fingerprint density at radius 2 is 1.70 bits per heavy atom. The van der Waals surface area contributed by atoms with Gasteiger partial charge in [0.15, 0.2) is 0 Å². The van der Waals surface area contributed by atoms with Crippen molar-refractivity contribution in [3.63, 3.8) is 0 Å². The molecule has 0 aromatic heterocycles. The maximum Gasteiger partial charge on any atom is 0.407 e. The minimum Gasteiger partial charge on any atom is -0.465 e. The van der Waals surface area contributed by atoms with Gasteiger partial charge < -0.3 is 20.2 Å². The number of β-amino-alcohol motifs (C(OH)–C–C–N with tert-alkyl or cyclic N) is 2. The van der Waals surface area contributed by atoms with E-state index in [-0.39, 0.29) is 13.1 Å². The first-order valence-corrected chi connectivity index (χ1v) is 2.95. The summed E-state index contributed by atoms with van der Waals surface area (Å²) in [5, 5.41) is 26.1. The van der Waals surface area contributed by atoms with Crippen LogP contribution in [0.5, 0.6) is 0 Å². The summed E-state index contributed by atoms with van der Waals surface area (Å²) in [6, 6.07) is 0. The number of hydrogen-bond acceptors (Lipinski definition) is 3. The van der Waals surface area contributed by atoms with E-state index in [1.807, 2.05) is 0 Å². The van der Waals surface area contributed by atoms with Crippen molar-refractivity contribution < 1.29 is 20.1 Å². The topological polar surface area (TPSA) is 81.0 Å². The smallest absolute Gasteiger partial charge is 0.407 e. The lowest BCUT2D eigenvalue weighted by molar-refractivity contribution is 0.0572. The maximum absolute atomic E-state index is 10.2. The van der Waals surface area contributed by atoms with E-state index in [4.69, 9.17) is 15.3 Å². The van der Waals surface area contributed by atoms with Crippen LogP contribution in [-0.2, 0) is 0 Å². The summed E-state index contributed by atoms with van der Waals surface area (Å²) in [5.74, 6) is 0. The van der Waals surface area contributed by atoms with Gasteiger partial charge in [0, 0.05) is 0 Å². The molecule has 1 aliphatic rings. The van der Waals surface area contributed by atoms with Gasteiger partial charge in [0.25, 0.3) is 0 Å². The third kappa shape index (κ3) is 1.19. The van der Waals surface area contributed by atoms with E-state index in [0.717, 1.165) is 4.90 Å². The molecule has 1 saturated heterocycles. The Hall–Kier alpha value is -0.810. The van der Waals surface area contributed by atoms with Gasteiger partial charge in [0.05, 0.1) is 25.3 Å². The normalized spacial score (nSPS) is 32.8. The Bertz CT molecular complexity index is 139. The van der Waals surface area contributed by atoms with Gasteiger partial charge in [-0.3, -0.25) is 0 Å². The molecule has 0 unspecified atom stereocenters. The number of aliphatic hydroxyl groups excluding tert-OH is 2. The highest BCUT2D eigenvalue weighted by atomic mass is 16.4. The zero-order chi connectivity index (χ0) is 7.72. The van der Waals surface area contributed by atoms with Gasteiger partial charge in [-0.05, 0) is 0 Å². The molecule has 5 nitrogen and oxygen atoms in total. The fourth-order valence-electron chi connectivity index (χ4n) is 0.926. The molecule has 10 heavy (non-hydrogen) atoms. The molecule has 1 heterocycles. The van der Waals surface area contributed by atoms with E-state index in [1.54, 1.807) is 0 Å². The Labute approximate surface area is 57.5 Å². The first kappa shape index (κ1) is 7.30. The predicted octanol–water partition coefficient (Wildman–Crippen LogP) is -1.30. The summed E-state index contributed by atoms with van der Waals surface area (Å²) in [6.45, 7) is 0.0208. The van der Waals surface area contributed by atoms with E-state index in [1.165, 1.54) is 0 Å². The lowest BCUT2D eigenvalue weighted by atomic mass is 10.3. The molecule has 58 valence electrons. The monoisotopic (exact) mass is 147 g/mol. The van der Waals surface area contributed by atoms with Gasteiger partial charge in [-0.25, -0.2) is 4.79 Å². The second kappa shape index (κ2) is 2.43. The molecule has 1 amide bonds. The predicted molar refractivity (Wildman–Crippen MR) is 31.6 cm³/mol. The van der Waals surface area contributed by atoms with E-state index >= 15 is 0 Å². The van der Waals surface area contributed by atoms with Crippen molar-refractivity contribution in [2.45, 2.75) is 12.2 Å². The first-order chi connectivity index (χ1) is 4.61. The maximum atomic E-state index is 10.2. The van der Waals surface area contributed by atoms with Crippen molar-refractivity contribution in [2.75, 3.05) is 13.1 Å². The standard InChI is InChI=1S/C5H9NO4/c7-3-1-6(5(9)10)2-4(3)8/h3-4,7-8H,1-2H2,(H,9,10)/t3-,4+. The number of aliphatic hydroxyl groups is 2. The fourth-order valence-corrected chi connectivity index (χ4v) is 0.926. The number of likely N-dealkylation sites (tertiary alicyclic amines) is 1. The van der Waals surface area contributed by atoms with E-state index in [2.05, 4.69) is 0 Å². The molecule has 1 aliphatic heterocycles. The molecule has 3 N–H and O–H groups in total. The molecule has 0 spiro atoms. The highest BCUT2D eigenvalue weighted by molar-refractivity contribution is 5.65. The van der Waals surface area contributed by atoms with E-state index in [9.17, 15) is 4.79 Å². The summed E-state index contributed by atoms with van der Waals surface area (Å²) < 4.78 is 0. The van der Waals surface area contributed by atoms with Crippen LogP contribution in [0, 0.1) is 0 Å². The highest BCUT2D eigenvalue weighted by Crippen LogP contribution is 2.08. The highest BCUT2D eigenvalue weighted by Gasteiger charge is 2.32. The summed E-state index contributed by atoms with van der Waals surface area (Å²) in [5.41, 5.74) is 0. The van der Waals surface area contributed by atoms with Crippen molar-refractivity contribution in [3.05, 3.63) is 0 Å². The molecular weight excluding hydrogens is 138 g/mol. The van der Waals surface area contributed by atoms with Crippen molar-refractivity contribution >= 4 is 6.09 Å². The second-order valence-electron chi connectivity index (χ2n) is 2.32. The lowest BCUT2D eigenvalue weighted by Crippen LogP contribution is -2.27. The molecule has 0 aromatic rings. The molecule has 0 aromatic carbocycles. The summed E-state index contributed by atoms with van der Waals surface area (Å²) >= 11 is 0. The van der Waals surface area contributed by atoms with Crippen LogP contribution in [0.1, 0.15) is 0 Å². The average molecular weight is 147 g/mol. The number of amides is 1. The number of hydrogen-bond donors (Lipinski definition) is 3. The Kier molecular flexibility index (Phi) is 1.78. The molecule has 0 radical (unpaired) electrons. The quantitative estimate of drug-likeness (QED) is 0.398. The van der Waals surface area contributed by atoms with E-state index < -0.39 is 18.3 Å². The van der Waals surface area contributed by atoms with Crippen LogP contribution >= 0.6 is 0 Å².